The largest absolute Gasteiger partial charge is 0.497 e. The Morgan fingerprint density at radius 2 is 1.93 bits per heavy atom. The van der Waals surface area contributed by atoms with Crippen LogP contribution in [0.1, 0.15) is 12.0 Å². The lowest BCUT2D eigenvalue weighted by Crippen LogP contribution is -2.30. The van der Waals surface area contributed by atoms with E-state index in [9.17, 15) is 9.59 Å². The molecule has 1 N–H and O–H groups in total. The van der Waals surface area contributed by atoms with Crippen molar-refractivity contribution in [3.63, 3.8) is 0 Å². The van der Waals surface area contributed by atoms with E-state index in [1.54, 1.807) is 37.3 Å². The van der Waals surface area contributed by atoms with E-state index >= 15 is 0 Å². The minimum Gasteiger partial charge on any atom is -0.497 e. The van der Waals surface area contributed by atoms with Crippen LogP contribution in [0.2, 0.25) is 0 Å². The lowest BCUT2D eigenvalue weighted by Gasteiger charge is -2.17. The molecule has 1 atom stereocenters. The number of carbonyl (C=O) groups excluding carboxylic acids is 2. The third-order valence-corrected chi connectivity index (χ3v) is 4.76. The highest BCUT2D eigenvalue weighted by molar-refractivity contribution is 5.98. The molecule has 2 amide bonds. The smallest absolute Gasteiger partial charge is 0.229 e. The molecule has 0 saturated carbocycles. The molecule has 0 aromatic heterocycles. The summed E-state index contributed by atoms with van der Waals surface area (Å²) in [5, 5.41) is 2.87. The number of carbonyl (C=O) groups is 2. The van der Waals surface area contributed by atoms with Gasteiger partial charge in [-0.15, -0.1) is 0 Å². The van der Waals surface area contributed by atoms with Crippen LogP contribution in [0, 0.1) is 5.92 Å². The molecule has 0 radical (unpaired) electrons. The van der Waals surface area contributed by atoms with E-state index in [0.29, 0.717) is 30.3 Å². The molecular weight excluding hydrogens is 344 g/mol. The van der Waals surface area contributed by atoms with E-state index in [1.807, 2.05) is 30.3 Å². The van der Waals surface area contributed by atoms with E-state index in [0.717, 1.165) is 6.42 Å². The Kier molecular flexibility index (Phi) is 5.96. The predicted octanol–water partition coefficient (Wildman–Crippen LogP) is 2.73. The molecule has 6 heteroatoms. The lowest BCUT2D eigenvalue weighted by molar-refractivity contribution is -0.128. The summed E-state index contributed by atoms with van der Waals surface area (Å²) < 4.78 is 10.5. The van der Waals surface area contributed by atoms with Crippen molar-refractivity contribution in [2.24, 2.45) is 5.92 Å². The van der Waals surface area contributed by atoms with Gasteiger partial charge < -0.3 is 19.7 Å². The van der Waals surface area contributed by atoms with Gasteiger partial charge in [-0.25, -0.2) is 0 Å². The number of benzene rings is 2. The van der Waals surface area contributed by atoms with Crippen LogP contribution in [0.4, 0.5) is 5.69 Å². The fourth-order valence-electron chi connectivity index (χ4n) is 3.22. The van der Waals surface area contributed by atoms with Gasteiger partial charge >= 0.3 is 0 Å². The molecule has 1 saturated heterocycles. The Bertz CT molecular complexity index is 807. The Hall–Kier alpha value is -3.02. The first-order valence-corrected chi connectivity index (χ1v) is 8.95. The molecule has 0 bridgehead atoms. The molecule has 1 heterocycles. The first-order chi connectivity index (χ1) is 13.1. The zero-order chi connectivity index (χ0) is 19.2. The summed E-state index contributed by atoms with van der Waals surface area (Å²) >= 11 is 0. The second-order valence-corrected chi connectivity index (χ2v) is 6.53. The zero-order valence-electron chi connectivity index (χ0n) is 15.6. The van der Waals surface area contributed by atoms with E-state index < -0.39 is 0 Å². The van der Waals surface area contributed by atoms with Gasteiger partial charge in [0.05, 0.1) is 25.8 Å². The van der Waals surface area contributed by atoms with Crippen LogP contribution in [-0.2, 0) is 16.0 Å². The number of likely N-dealkylation sites (tertiary alicyclic amines) is 1. The molecule has 0 spiro atoms. The molecular formula is C21H24N2O4. The molecule has 2 aromatic rings. The van der Waals surface area contributed by atoms with Crippen LogP contribution >= 0.6 is 0 Å². The molecule has 0 unspecified atom stereocenters. The fraction of sp³-hybridized carbons (Fsp3) is 0.333. The maximum Gasteiger partial charge on any atom is 0.229 e. The van der Waals surface area contributed by atoms with Crippen LogP contribution in [0.15, 0.2) is 48.5 Å². The van der Waals surface area contributed by atoms with E-state index in [4.69, 9.17) is 9.47 Å². The van der Waals surface area contributed by atoms with Gasteiger partial charge in [0.15, 0.2) is 0 Å². The Morgan fingerprint density at radius 3 is 2.63 bits per heavy atom. The number of nitrogens with one attached hydrogen (secondary N) is 1. The van der Waals surface area contributed by atoms with Crippen molar-refractivity contribution < 1.29 is 19.1 Å². The highest BCUT2D eigenvalue weighted by atomic mass is 16.5. The van der Waals surface area contributed by atoms with Crippen molar-refractivity contribution >= 4 is 17.5 Å². The summed E-state index contributed by atoms with van der Waals surface area (Å²) in [5.74, 6) is 0.637. The zero-order valence-corrected chi connectivity index (χ0v) is 15.6. The second kappa shape index (κ2) is 8.58. The van der Waals surface area contributed by atoms with Crippen molar-refractivity contribution in [1.82, 2.24) is 4.90 Å². The number of hydrogen-bond donors (Lipinski definition) is 1. The number of rotatable bonds is 7. The normalized spacial score (nSPS) is 16.3. The molecule has 3 rings (SSSR count). The Labute approximate surface area is 159 Å². The molecule has 6 nitrogen and oxygen atoms in total. The van der Waals surface area contributed by atoms with Crippen LogP contribution in [-0.4, -0.2) is 44.0 Å². The average Bonchev–Trinajstić information content (AvgIpc) is 3.08. The van der Waals surface area contributed by atoms with E-state index in [1.165, 1.54) is 5.56 Å². The standard InChI is InChI=1S/C21H24N2O4/c1-26-17-8-9-19(27-2)18(13-17)22-21(25)16-12-20(24)23(14-16)11-10-15-6-4-3-5-7-15/h3-9,13,16H,10-12,14H2,1-2H3,(H,22,25)/t16-/m1/s1. The van der Waals surface area contributed by atoms with Crippen LogP contribution in [0.3, 0.4) is 0 Å². The third kappa shape index (κ3) is 4.58. The number of ether oxygens (including phenoxy) is 2. The minimum atomic E-state index is -0.371. The molecule has 27 heavy (non-hydrogen) atoms. The number of hydrogen-bond acceptors (Lipinski definition) is 4. The quantitative estimate of drug-likeness (QED) is 0.816. The average molecular weight is 368 g/mol. The van der Waals surface area contributed by atoms with Crippen molar-refractivity contribution in [2.45, 2.75) is 12.8 Å². The lowest BCUT2D eigenvalue weighted by atomic mass is 10.1. The van der Waals surface area contributed by atoms with Crippen molar-refractivity contribution in [3.05, 3.63) is 54.1 Å². The molecule has 1 fully saturated rings. The summed E-state index contributed by atoms with van der Waals surface area (Å²) in [7, 11) is 3.11. The Morgan fingerprint density at radius 1 is 1.15 bits per heavy atom. The SMILES string of the molecule is COc1ccc(OC)c(NC(=O)[C@@H]2CC(=O)N(CCc3ccccc3)C2)c1. The second-order valence-electron chi connectivity index (χ2n) is 6.53. The van der Waals surface area contributed by atoms with Gasteiger partial charge in [0.2, 0.25) is 11.8 Å². The van der Waals surface area contributed by atoms with Crippen LogP contribution in [0.5, 0.6) is 11.5 Å². The monoisotopic (exact) mass is 368 g/mol. The van der Waals surface area contributed by atoms with E-state index in [2.05, 4.69) is 5.32 Å². The number of anilines is 1. The van der Waals surface area contributed by atoms with Crippen LogP contribution in [0.25, 0.3) is 0 Å². The van der Waals surface area contributed by atoms with Gasteiger partial charge in [0.1, 0.15) is 11.5 Å². The maximum atomic E-state index is 12.7. The van der Waals surface area contributed by atoms with E-state index in [-0.39, 0.29) is 24.2 Å². The minimum absolute atomic E-state index is 0.0173. The summed E-state index contributed by atoms with van der Waals surface area (Å²) in [6, 6.07) is 15.2. The number of methoxy groups -OCH3 is 2. The van der Waals surface area contributed by atoms with Gasteiger partial charge in [-0.3, -0.25) is 9.59 Å². The molecule has 2 aromatic carbocycles. The van der Waals surface area contributed by atoms with Crippen molar-refractivity contribution in [1.29, 1.82) is 0 Å². The summed E-state index contributed by atoms with van der Waals surface area (Å²) in [4.78, 5) is 26.7. The van der Waals surface area contributed by atoms with Gasteiger partial charge in [0, 0.05) is 25.6 Å². The summed E-state index contributed by atoms with van der Waals surface area (Å²) in [6.45, 7) is 1.05. The fourth-order valence-corrected chi connectivity index (χ4v) is 3.22. The van der Waals surface area contributed by atoms with Crippen molar-refractivity contribution in [2.75, 3.05) is 32.6 Å². The van der Waals surface area contributed by atoms with Gasteiger partial charge in [0.25, 0.3) is 0 Å². The maximum absolute atomic E-state index is 12.7. The molecule has 1 aliphatic rings. The van der Waals surface area contributed by atoms with Gasteiger partial charge in [-0.1, -0.05) is 30.3 Å². The van der Waals surface area contributed by atoms with Gasteiger partial charge in [-0.2, -0.15) is 0 Å². The molecule has 142 valence electrons. The first-order valence-electron chi connectivity index (χ1n) is 8.95. The third-order valence-electron chi connectivity index (χ3n) is 4.76. The summed E-state index contributed by atoms with van der Waals surface area (Å²) in [6.07, 6.45) is 1.01. The summed E-state index contributed by atoms with van der Waals surface area (Å²) in [5.41, 5.74) is 1.72. The highest BCUT2D eigenvalue weighted by Gasteiger charge is 2.34. The topological polar surface area (TPSA) is 67.9 Å². The Balaban J connectivity index is 1.60. The van der Waals surface area contributed by atoms with Crippen molar-refractivity contribution in [3.8, 4) is 11.5 Å². The predicted molar refractivity (Wildman–Crippen MR) is 103 cm³/mol. The highest BCUT2D eigenvalue weighted by Crippen LogP contribution is 2.30. The van der Waals surface area contributed by atoms with Gasteiger partial charge in [-0.05, 0) is 24.1 Å². The first kappa shape index (κ1) is 18.8. The molecule has 0 aliphatic carbocycles. The molecule has 1 aliphatic heterocycles. The number of amides is 2. The van der Waals surface area contributed by atoms with Crippen LogP contribution < -0.4 is 14.8 Å². The number of nitrogens with zero attached hydrogens (tertiary/aromatic N) is 1.